The minimum Gasteiger partial charge on any atom is -0.480 e. The van der Waals surface area contributed by atoms with Gasteiger partial charge < -0.3 is 9.67 Å². The highest BCUT2D eigenvalue weighted by molar-refractivity contribution is 8.26. The Kier molecular flexibility index (Phi) is 4.84. The highest BCUT2D eigenvalue weighted by Gasteiger charge is 2.39. The molecule has 5 nitrogen and oxygen atoms in total. The van der Waals surface area contributed by atoms with E-state index >= 15 is 0 Å². The number of thioether (sulfide) groups is 1. The van der Waals surface area contributed by atoms with Crippen molar-refractivity contribution >= 4 is 46.3 Å². The number of aliphatic carboxylic acids is 1. The molecule has 1 atom stereocenters. The number of hydrogen-bond acceptors (Lipinski definition) is 4. The lowest BCUT2D eigenvalue weighted by Crippen LogP contribution is -2.43. The summed E-state index contributed by atoms with van der Waals surface area (Å²) in [6.07, 6.45) is 4.68. The van der Waals surface area contributed by atoms with Crippen LogP contribution in [-0.2, 0) is 16.6 Å². The Hall–Kier alpha value is -1.60. The number of carbonyl (C=O) groups excluding carboxylic acids is 1. The lowest BCUT2D eigenvalue weighted by atomic mass is 10.1. The van der Waals surface area contributed by atoms with Gasteiger partial charge in [-0.1, -0.05) is 37.3 Å². The van der Waals surface area contributed by atoms with Gasteiger partial charge >= 0.3 is 5.97 Å². The van der Waals surface area contributed by atoms with Crippen LogP contribution >= 0.6 is 24.0 Å². The molecule has 1 aromatic heterocycles. The first-order chi connectivity index (χ1) is 9.95. The number of rotatable bonds is 5. The van der Waals surface area contributed by atoms with Gasteiger partial charge in [-0.3, -0.25) is 9.69 Å². The van der Waals surface area contributed by atoms with Crippen LogP contribution in [0.25, 0.3) is 6.08 Å². The number of carboxylic acid groups (broad SMARTS) is 1. The molecule has 1 fully saturated rings. The van der Waals surface area contributed by atoms with Crippen molar-refractivity contribution in [2.45, 2.75) is 25.8 Å². The maximum atomic E-state index is 12.5. The van der Waals surface area contributed by atoms with Gasteiger partial charge in [0.1, 0.15) is 10.4 Å². The summed E-state index contributed by atoms with van der Waals surface area (Å²) >= 11 is 6.34. The number of carboxylic acids is 1. The molecule has 112 valence electrons. The van der Waals surface area contributed by atoms with Gasteiger partial charge in [0.25, 0.3) is 5.91 Å². The fraction of sp³-hybridized carbons (Fsp3) is 0.357. The first-order valence-electron chi connectivity index (χ1n) is 6.57. The van der Waals surface area contributed by atoms with Gasteiger partial charge in [-0.15, -0.1) is 0 Å². The molecule has 0 radical (unpaired) electrons. The largest absolute Gasteiger partial charge is 0.480 e. The Balaban J connectivity index is 2.30. The molecule has 7 heteroatoms. The smallest absolute Gasteiger partial charge is 0.326 e. The zero-order chi connectivity index (χ0) is 15.6. The predicted octanol–water partition coefficient (Wildman–Crippen LogP) is 2.48. The molecule has 0 bridgehead atoms. The third kappa shape index (κ3) is 3.19. The number of carbonyl (C=O) groups is 2. The van der Waals surface area contributed by atoms with Gasteiger partial charge in [0.05, 0.1) is 4.91 Å². The lowest BCUT2D eigenvalue weighted by molar-refractivity contribution is -0.145. The van der Waals surface area contributed by atoms with Gasteiger partial charge in [0.15, 0.2) is 0 Å². The van der Waals surface area contributed by atoms with Crippen molar-refractivity contribution in [3.8, 4) is 0 Å². The fourth-order valence-electron chi connectivity index (χ4n) is 2.14. The molecule has 0 spiro atoms. The van der Waals surface area contributed by atoms with Crippen LogP contribution in [0.4, 0.5) is 0 Å². The van der Waals surface area contributed by atoms with E-state index in [0.29, 0.717) is 22.1 Å². The fourth-order valence-corrected chi connectivity index (χ4v) is 3.48. The number of nitrogens with zero attached hydrogens (tertiary/aromatic N) is 2. The summed E-state index contributed by atoms with van der Waals surface area (Å²) in [5.74, 6) is -1.35. The minimum absolute atomic E-state index is 0.307. The molecule has 1 saturated heterocycles. The molecule has 21 heavy (non-hydrogen) atoms. The lowest BCUT2D eigenvalue weighted by Gasteiger charge is -2.22. The molecule has 1 N–H and O–H groups in total. The zero-order valence-electron chi connectivity index (χ0n) is 11.8. The summed E-state index contributed by atoms with van der Waals surface area (Å²) in [4.78, 5) is 25.5. The second-order valence-electron chi connectivity index (χ2n) is 4.74. The van der Waals surface area contributed by atoms with E-state index in [4.69, 9.17) is 12.2 Å². The Morgan fingerprint density at radius 1 is 1.57 bits per heavy atom. The topological polar surface area (TPSA) is 62.5 Å². The molecular formula is C14H16N2O3S2. The van der Waals surface area contributed by atoms with Crippen molar-refractivity contribution in [1.82, 2.24) is 9.47 Å². The van der Waals surface area contributed by atoms with E-state index in [0.717, 1.165) is 17.5 Å². The van der Waals surface area contributed by atoms with Crippen molar-refractivity contribution in [2.24, 2.45) is 7.05 Å². The SMILES string of the molecule is CCC[C@H](C(=O)O)N1C(=O)C(=Cc2cccn2C)SC1=S. The molecule has 0 unspecified atom stereocenters. The van der Waals surface area contributed by atoms with Crippen LogP contribution in [0.2, 0.25) is 0 Å². The molecular weight excluding hydrogens is 308 g/mol. The van der Waals surface area contributed by atoms with Gasteiger partial charge in [-0.05, 0) is 24.6 Å². The van der Waals surface area contributed by atoms with Crippen molar-refractivity contribution in [2.75, 3.05) is 0 Å². The van der Waals surface area contributed by atoms with Crippen molar-refractivity contribution in [3.05, 3.63) is 28.9 Å². The van der Waals surface area contributed by atoms with Gasteiger partial charge in [0, 0.05) is 18.9 Å². The molecule has 1 aliphatic rings. The molecule has 1 aliphatic heterocycles. The monoisotopic (exact) mass is 324 g/mol. The van der Waals surface area contributed by atoms with Crippen LogP contribution in [0.15, 0.2) is 23.2 Å². The summed E-state index contributed by atoms with van der Waals surface area (Å²) < 4.78 is 2.19. The van der Waals surface area contributed by atoms with Crippen LogP contribution in [0.5, 0.6) is 0 Å². The van der Waals surface area contributed by atoms with Gasteiger partial charge in [-0.25, -0.2) is 4.79 Å². The van der Waals surface area contributed by atoms with E-state index in [1.54, 1.807) is 6.08 Å². The zero-order valence-corrected chi connectivity index (χ0v) is 13.4. The number of amides is 1. The van der Waals surface area contributed by atoms with E-state index in [1.807, 2.05) is 36.9 Å². The van der Waals surface area contributed by atoms with E-state index < -0.39 is 12.0 Å². The first-order valence-corrected chi connectivity index (χ1v) is 7.79. The van der Waals surface area contributed by atoms with Crippen LogP contribution in [0.1, 0.15) is 25.5 Å². The molecule has 1 amide bonds. The predicted molar refractivity (Wildman–Crippen MR) is 86.8 cm³/mol. The maximum absolute atomic E-state index is 12.5. The van der Waals surface area contributed by atoms with Crippen LogP contribution in [0, 0.1) is 0 Å². The van der Waals surface area contributed by atoms with Gasteiger partial charge in [0.2, 0.25) is 0 Å². The Morgan fingerprint density at radius 2 is 2.29 bits per heavy atom. The Bertz CT molecular complexity index is 621. The minimum atomic E-state index is -1.02. The molecule has 2 heterocycles. The second kappa shape index (κ2) is 6.44. The van der Waals surface area contributed by atoms with Crippen molar-refractivity contribution < 1.29 is 14.7 Å². The average molecular weight is 324 g/mol. The quantitative estimate of drug-likeness (QED) is 0.666. The molecule has 0 saturated carbocycles. The third-order valence-electron chi connectivity index (χ3n) is 3.25. The summed E-state index contributed by atoms with van der Waals surface area (Å²) in [5, 5.41) is 9.30. The average Bonchev–Trinajstić information content (AvgIpc) is 2.93. The highest BCUT2D eigenvalue weighted by Crippen LogP contribution is 2.34. The van der Waals surface area contributed by atoms with Crippen LogP contribution in [0.3, 0.4) is 0 Å². The number of hydrogen-bond donors (Lipinski definition) is 1. The number of thiocarbonyl (C=S) groups is 1. The van der Waals surface area contributed by atoms with E-state index in [-0.39, 0.29) is 5.91 Å². The maximum Gasteiger partial charge on any atom is 0.326 e. The molecule has 0 aromatic carbocycles. The summed E-state index contributed by atoms with van der Waals surface area (Å²) in [5.41, 5.74) is 0.873. The van der Waals surface area contributed by atoms with Gasteiger partial charge in [-0.2, -0.15) is 0 Å². The van der Waals surface area contributed by atoms with E-state index in [2.05, 4.69) is 0 Å². The highest BCUT2D eigenvalue weighted by atomic mass is 32.2. The Morgan fingerprint density at radius 3 is 2.81 bits per heavy atom. The molecule has 0 aliphatic carbocycles. The van der Waals surface area contributed by atoms with Crippen molar-refractivity contribution in [1.29, 1.82) is 0 Å². The van der Waals surface area contributed by atoms with Crippen molar-refractivity contribution in [3.63, 3.8) is 0 Å². The second-order valence-corrected chi connectivity index (χ2v) is 6.41. The molecule has 1 aromatic rings. The summed E-state index contributed by atoms with van der Waals surface area (Å²) in [7, 11) is 1.88. The van der Waals surface area contributed by atoms with E-state index in [1.165, 1.54) is 4.90 Å². The third-order valence-corrected chi connectivity index (χ3v) is 4.58. The Labute approximate surface area is 132 Å². The van der Waals surface area contributed by atoms with E-state index in [9.17, 15) is 14.7 Å². The molecule has 2 rings (SSSR count). The standard InChI is InChI=1S/C14H16N2O3S2/c1-3-5-10(13(18)19)16-12(17)11(21-14(16)20)8-9-6-4-7-15(9)2/h4,6-8,10H,3,5H2,1-2H3,(H,18,19)/t10-/m1/s1. The first kappa shape index (κ1) is 15.8. The summed E-state index contributed by atoms with van der Waals surface area (Å²) in [6.45, 7) is 1.88. The van der Waals surface area contributed by atoms with Crippen LogP contribution < -0.4 is 0 Å². The normalized spacial score (nSPS) is 18.6. The van der Waals surface area contributed by atoms with Crippen LogP contribution in [-0.4, -0.2) is 36.8 Å². The summed E-state index contributed by atoms with van der Waals surface area (Å²) in [6, 6.07) is 2.87. The number of aromatic nitrogens is 1. The number of aryl methyl sites for hydroxylation is 1.